The van der Waals surface area contributed by atoms with Gasteiger partial charge in [0, 0.05) is 10.7 Å². The van der Waals surface area contributed by atoms with Gasteiger partial charge in [0.2, 0.25) is 0 Å². The fraction of sp³-hybridized carbons (Fsp3) is 0.235. The first kappa shape index (κ1) is 16.7. The minimum atomic E-state index is -0.681. The summed E-state index contributed by atoms with van der Waals surface area (Å²) in [5, 5.41) is 3.73. The van der Waals surface area contributed by atoms with Gasteiger partial charge in [-0.2, -0.15) is 0 Å². The predicted octanol–water partition coefficient (Wildman–Crippen LogP) is 5.02. The van der Waals surface area contributed by atoms with E-state index in [0.717, 1.165) is 16.8 Å². The van der Waals surface area contributed by atoms with Gasteiger partial charge in [-0.25, -0.2) is 0 Å². The van der Waals surface area contributed by atoms with Crippen molar-refractivity contribution in [3.63, 3.8) is 0 Å². The van der Waals surface area contributed by atoms with Crippen molar-refractivity contribution >= 4 is 34.8 Å². The molecule has 3 nitrogen and oxygen atoms in total. The number of hydrogen-bond acceptors (Lipinski definition) is 2. The van der Waals surface area contributed by atoms with Gasteiger partial charge in [0.05, 0.1) is 5.02 Å². The summed E-state index contributed by atoms with van der Waals surface area (Å²) in [6.45, 7) is 5.63. The second-order valence-corrected chi connectivity index (χ2v) is 6.04. The minimum absolute atomic E-state index is 0.240. The van der Waals surface area contributed by atoms with Gasteiger partial charge in [-0.05, 0) is 62.2 Å². The lowest BCUT2D eigenvalue weighted by Gasteiger charge is -2.16. The number of carbonyl (C=O) groups is 1. The molecule has 0 radical (unpaired) electrons. The van der Waals surface area contributed by atoms with E-state index in [9.17, 15) is 4.79 Å². The van der Waals surface area contributed by atoms with E-state index in [1.54, 1.807) is 25.1 Å². The normalized spacial score (nSPS) is 11.9. The fourth-order valence-corrected chi connectivity index (χ4v) is 2.56. The van der Waals surface area contributed by atoms with Crippen molar-refractivity contribution in [2.24, 2.45) is 0 Å². The maximum Gasteiger partial charge on any atom is 0.265 e. The van der Waals surface area contributed by atoms with Gasteiger partial charge < -0.3 is 10.1 Å². The van der Waals surface area contributed by atoms with E-state index >= 15 is 0 Å². The minimum Gasteiger partial charge on any atom is -0.479 e. The SMILES string of the molecule is Cc1cc(C)cc(NC(=O)[C@H](C)Oc2ccc(Cl)cc2Cl)c1. The summed E-state index contributed by atoms with van der Waals surface area (Å²) in [6, 6.07) is 10.7. The smallest absolute Gasteiger partial charge is 0.265 e. The first-order valence-corrected chi connectivity index (χ1v) is 7.61. The molecule has 0 spiro atoms. The molecule has 22 heavy (non-hydrogen) atoms. The molecule has 1 N–H and O–H groups in total. The molecule has 116 valence electrons. The van der Waals surface area contributed by atoms with Gasteiger partial charge in [0.1, 0.15) is 5.75 Å². The van der Waals surface area contributed by atoms with Crippen molar-refractivity contribution in [1.82, 2.24) is 0 Å². The number of carbonyl (C=O) groups excluding carboxylic acids is 1. The van der Waals surface area contributed by atoms with Crippen molar-refractivity contribution in [3.05, 3.63) is 57.6 Å². The highest BCUT2D eigenvalue weighted by Crippen LogP contribution is 2.28. The highest BCUT2D eigenvalue weighted by atomic mass is 35.5. The van der Waals surface area contributed by atoms with Crippen LogP contribution in [0.5, 0.6) is 5.75 Å². The van der Waals surface area contributed by atoms with Gasteiger partial charge >= 0.3 is 0 Å². The highest BCUT2D eigenvalue weighted by Gasteiger charge is 2.16. The van der Waals surface area contributed by atoms with Crippen LogP contribution in [0.25, 0.3) is 0 Å². The van der Waals surface area contributed by atoms with Crippen molar-refractivity contribution in [3.8, 4) is 5.75 Å². The standard InChI is InChI=1S/C17H17Cl2NO2/c1-10-6-11(2)8-14(7-10)20-17(21)12(3)22-16-5-4-13(18)9-15(16)19/h4-9,12H,1-3H3,(H,20,21)/t12-/m0/s1. The molecule has 1 atom stereocenters. The number of hydrogen-bond donors (Lipinski definition) is 1. The van der Waals surface area contributed by atoms with E-state index in [2.05, 4.69) is 5.32 Å². The molecular formula is C17H17Cl2NO2. The molecule has 0 saturated heterocycles. The van der Waals surface area contributed by atoms with E-state index in [4.69, 9.17) is 27.9 Å². The number of halogens is 2. The molecule has 0 saturated carbocycles. The Labute approximate surface area is 140 Å². The largest absolute Gasteiger partial charge is 0.479 e. The number of aryl methyl sites for hydroxylation is 2. The maximum absolute atomic E-state index is 12.2. The zero-order chi connectivity index (χ0) is 16.3. The molecule has 1 amide bonds. The Hall–Kier alpha value is -1.71. The molecule has 2 rings (SSSR count). The molecule has 5 heteroatoms. The molecule has 0 fully saturated rings. The number of benzene rings is 2. The fourth-order valence-electron chi connectivity index (χ4n) is 2.11. The number of amides is 1. The van der Waals surface area contributed by atoms with E-state index in [1.807, 2.05) is 32.0 Å². The summed E-state index contributed by atoms with van der Waals surface area (Å²) in [5.74, 6) is 0.185. The summed E-state index contributed by atoms with van der Waals surface area (Å²) < 4.78 is 5.59. The number of ether oxygens (including phenoxy) is 1. The summed E-state index contributed by atoms with van der Waals surface area (Å²) >= 11 is 11.9. The van der Waals surface area contributed by atoms with Crippen LogP contribution in [0.2, 0.25) is 10.0 Å². The number of rotatable bonds is 4. The second-order valence-electron chi connectivity index (χ2n) is 5.20. The van der Waals surface area contributed by atoms with Crippen molar-refractivity contribution in [2.45, 2.75) is 26.9 Å². The van der Waals surface area contributed by atoms with Crippen LogP contribution < -0.4 is 10.1 Å². The number of nitrogens with one attached hydrogen (secondary N) is 1. The Bertz CT molecular complexity index is 681. The van der Waals surface area contributed by atoms with Crippen LogP contribution in [0.3, 0.4) is 0 Å². The van der Waals surface area contributed by atoms with Crippen LogP contribution in [0, 0.1) is 13.8 Å². The van der Waals surface area contributed by atoms with Crippen molar-refractivity contribution in [1.29, 1.82) is 0 Å². The average molecular weight is 338 g/mol. The molecule has 0 heterocycles. The lowest BCUT2D eigenvalue weighted by Crippen LogP contribution is -2.30. The first-order chi connectivity index (χ1) is 10.3. The molecule has 0 aromatic heterocycles. The van der Waals surface area contributed by atoms with Gasteiger partial charge in [0.25, 0.3) is 5.91 Å². The third kappa shape index (κ3) is 4.39. The lowest BCUT2D eigenvalue weighted by molar-refractivity contribution is -0.122. The summed E-state index contributed by atoms with van der Waals surface area (Å²) in [5.41, 5.74) is 2.93. The average Bonchev–Trinajstić information content (AvgIpc) is 2.40. The van der Waals surface area contributed by atoms with Crippen LogP contribution in [-0.4, -0.2) is 12.0 Å². The number of anilines is 1. The molecule has 0 aliphatic rings. The zero-order valence-electron chi connectivity index (χ0n) is 12.6. The molecule has 0 unspecified atom stereocenters. The monoisotopic (exact) mass is 337 g/mol. The second kappa shape index (κ2) is 7.03. The maximum atomic E-state index is 12.2. The Morgan fingerprint density at radius 3 is 2.32 bits per heavy atom. The van der Waals surface area contributed by atoms with E-state index in [-0.39, 0.29) is 5.91 Å². The lowest BCUT2D eigenvalue weighted by atomic mass is 10.1. The van der Waals surface area contributed by atoms with Gasteiger partial charge in [-0.1, -0.05) is 29.3 Å². The Morgan fingerprint density at radius 2 is 1.73 bits per heavy atom. The Kier molecular flexibility index (Phi) is 5.33. The quantitative estimate of drug-likeness (QED) is 0.850. The summed E-state index contributed by atoms with van der Waals surface area (Å²) in [4.78, 5) is 12.2. The third-order valence-corrected chi connectivity index (χ3v) is 3.59. The Balaban J connectivity index is 2.05. The van der Waals surface area contributed by atoms with Crippen LogP contribution >= 0.6 is 23.2 Å². The molecular weight excluding hydrogens is 321 g/mol. The van der Waals surface area contributed by atoms with Crippen LogP contribution in [-0.2, 0) is 4.79 Å². The van der Waals surface area contributed by atoms with E-state index in [0.29, 0.717) is 15.8 Å². The molecule has 0 bridgehead atoms. The van der Waals surface area contributed by atoms with Crippen LogP contribution in [0.1, 0.15) is 18.1 Å². The molecule has 0 aliphatic heterocycles. The van der Waals surface area contributed by atoms with E-state index in [1.165, 1.54) is 0 Å². The highest BCUT2D eigenvalue weighted by molar-refractivity contribution is 6.35. The molecule has 0 aliphatic carbocycles. The summed E-state index contributed by atoms with van der Waals surface area (Å²) in [7, 11) is 0. The molecule has 2 aromatic carbocycles. The van der Waals surface area contributed by atoms with Crippen LogP contribution in [0.15, 0.2) is 36.4 Å². The third-order valence-electron chi connectivity index (χ3n) is 3.06. The zero-order valence-corrected chi connectivity index (χ0v) is 14.1. The first-order valence-electron chi connectivity index (χ1n) is 6.86. The van der Waals surface area contributed by atoms with Crippen molar-refractivity contribution < 1.29 is 9.53 Å². The van der Waals surface area contributed by atoms with E-state index < -0.39 is 6.10 Å². The Morgan fingerprint density at radius 1 is 1.09 bits per heavy atom. The molecule has 2 aromatic rings. The van der Waals surface area contributed by atoms with Crippen LogP contribution in [0.4, 0.5) is 5.69 Å². The van der Waals surface area contributed by atoms with Crippen molar-refractivity contribution in [2.75, 3.05) is 5.32 Å². The van der Waals surface area contributed by atoms with Gasteiger partial charge in [-0.15, -0.1) is 0 Å². The summed E-state index contributed by atoms with van der Waals surface area (Å²) in [6.07, 6.45) is -0.681. The predicted molar refractivity (Wildman–Crippen MR) is 91.1 cm³/mol. The topological polar surface area (TPSA) is 38.3 Å². The van der Waals surface area contributed by atoms with Gasteiger partial charge in [0.15, 0.2) is 6.10 Å². The van der Waals surface area contributed by atoms with Gasteiger partial charge in [-0.3, -0.25) is 4.79 Å².